The second kappa shape index (κ2) is 6.37. The van der Waals surface area contributed by atoms with Gasteiger partial charge in [0.05, 0.1) is 0 Å². The number of aryl methyl sites for hydroxylation is 2. The van der Waals surface area contributed by atoms with E-state index in [2.05, 4.69) is 6.07 Å². The van der Waals surface area contributed by atoms with Gasteiger partial charge >= 0.3 is 0 Å². The van der Waals surface area contributed by atoms with Gasteiger partial charge in [0, 0.05) is 27.8 Å². The van der Waals surface area contributed by atoms with Gasteiger partial charge in [0.2, 0.25) is 0 Å². The molecule has 1 aliphatic carbocycles. The summed E-state index contributed by atoms with van der Waals surface area (Å²) < 4.78 is 22.2. The first-order valence-corrected chi connectivity index (χ1v) is 9.88. The van der Waals surface area contributed by atoms with Crippen molar-refractivity contribution in [3.05, 3.63) is 21.4 Å². The van der Waals surface area contributed by atoms with Crippen molar-refractivity contribution < 1.29 is 8.42 Å². The molecule has 1 heterocycles. The summed E-state index contributed by atoms with van der Waals surface area (Å²) in [5.74, 6) is 0.242. The van der Waals surface area contributed by atoms with Crippen molar-refractivity contribution in [2.24, 2.45) is 5.73 Å². The Kier molecular flexibility index (Phi) is 5.03. The van der Waals surface area contributed by atoms with Crippen molar-refractivity contribution >= 4 is 21.2 Å². The van der Waals surface area contributed by atoms with Crippen LogP contribution in [0, 0.1) is 0 Å². The van der Waals surface area contributed by atoms with Crippen LogP contribution in [0.15, 0.2) is 6.07 Å². The molecule has 1 aromatic rings. The van der Waals surface area contributed by atoms with Crippen LogP contribution in [-0.2, 0) is 22.7 Å². The molecule has 1 unspecified atom stereocenters. The summed E-state index contributed by atoms with van der Waals surface area (Å²) in [6.07, 6.45) is 8.97. The lowest BCUT2D eigenvalue weighted by molar-refractivity contribution is 0.589. The fraction of sp³-hybridized carbons (Fsp3) is 0.714. The normalized spacial score (nSPS) is 17.8. The molecule has 0 bridgehead atoms. The minimum Gasteiger partial charge on any atom is -0.323 e. The van der Waals surface area contributed by atoms with Gasteiger partial charge in [-0.25, -0.2) is 8.42 Å². The molecule has 0 saturated heterocycles. The number of fused-ring (bicyclic) bond motifs is 1. The van der Waals surface area contributed by atoms with Gasteiger partial charge in [0.25, 0.3) is 0 Å². The maximum atomic E-state index is 11.1. The molecule has 1 atom stereocenters. The Morgan fingerprint density at radius 2 is 2.05 bits per heavy atom. The zero-order valence-corrected chi connectivity index (χ0v) is 13.2. The second-order valence-corrected chi connectivity index (χ2v) is 8.96. The SMILES string of the molecule is CS(=O)(=O)CCCC(N)c1cc2c(s1)CCCCC2. The molecule has 0 spiro atoms. The maximum absolute atomic E-state index is 11.1. The number of sulfone groups is 1. The van der Waals surface area contributed by atoms with Crippen molar-refractivity contribution in [3.63, 3.8) is 0 Å². The van der Waals surface area contributed by atoms with Gasteiger partial charge in [-0.1, -0.05) is 6.42 Å². The van der Waals surface area contributed by atoms with Gasteiger partial charge in [0.15, 0.2) is 0 Å². The summed E-state index contributed by atoms with van der Waals surface area (Å²) in [4.78, 5) is 2.74. The lowest BCUT2D eigenvalue weighted by Crippen LogP contribution is -2.11. The third-order valence-electron chi connectivity index (χ3n) is 3.66. The van der Waals surface area contributed by atoms with E-state index in [-0.39, 0.29) is 11.8 Å². The summed E-state index contributed by atoms with van der Waals surface area (Å²) >= 11 is 1.84. The Bertz CT molecular complexity index is 496. The van der Waals surface area contributed by atoms with Crippen LogP contribution in [0.3, 0.4) is 0 Å². The molecule has 0 amide bonds. The molecule has 5 heteroatoms. The third-order valence-corrected chi connectivity index (χ3v) is 6.06. The van der Waals surface area contributed by atoms with Crippen molar-refractivity contribution in [1.82, 2.24) is 0 Å². The Morgan fingerprint density at radius 1 is 1.32 bits per heavy atom. The van der Waals surface area contributed by atoms with E-state index >= 15 is 0 Å². The second-order valence-electron chi connectivity index (χ2n) is 5.54. The topological polar surface area (TPSA) is 60.2 Å². The average Bonchev–Trinajstić information content (AvgIpc) is 2.59. The Labute approximate surface area is 120 Å². The van der Waals surface area contributed by atoms with Crippen molar-refractivity contribution in [1.29, 1.82) is 0 Å². The van der Waals surface area contributed by atoms with Gasteiger partial charge in [-0.2, -0.15) is 0 Å². The number of thiophene rings is 1. The zero-order chi connectivity index (χ0) is 13.9. The molecule has 0 aromatic carbocycles. The number of hydrogen-bond acceptors (Lipinski definition) is 4. The summed E-state index contributed by atoms with van der Waals surface area (Å²) in [5.41, 5.74) is 7.67. The van der Waals surface area contributed by atoms with Crippen LogP contribution in [0.1, 0.15) is 53.5 Å². The van der Waals surface area contributed by atoms with E-state index < -0.39 is 9.84 Å². The lowest BCUT2D eigenvalue weighted by Gasteiger charge is -2.08. The van der Waals surface area contributed by atoms with Gasteiger partial charge < -0.3 is 5.73 Å². The van der Waals surface area contributed by atoms with E-state index in [0.717, 1.165) is 6.42 Å². The van der Waals surface area contributed by atoms with Crippen LogP contribution < -0.4 is 5.73 Å². The first-order chi connectivity index (χ1) is 8.96. The highest BCUT2D eigenvalue weighted by Crippen LogP contribution is 2.32. The summed E-state index contributed by atoms with van der Waals surface area (Å²) in [6, 6.07) is 2.26. The van der Waals surface area contributed by atoms with Crippen LogP contribution in [-0.4, -0.2) is 20.4 Å². The largest absolute Gasteiger partial charge is 0.323 e. The predicted octanol–water partition coefficient (Wildman–Crippen LogP) is 2.84. The maximum Gasteiger partial charge on any atom is 0.147 e. The van der Waals surface area contributed by atoms with Crippen LogP contribution >= 0.6 is 11.3 Å². The van der Waals surface area contributed by atoms with Gasteiger partial charge in [-0.15, -0.1) is 11.3 Å². The predicted molar refractivity (Wildman–Crippen MR) is 81.5 cm³/mol. The standard InChI is InChI=1S/C14H23NO2S2/c1-19(16,17)9-5-7-12(15)14-10-11-6-3-2-4-8-13(11)18-14/h10,12H,2-9,15H2,1H3. The highest BCUT2D eigenvalue weighted by molar-refractivity contribution is 7.90. The molecule has 1 aromatic heterocycles. The number of rotatable bonds is 5. The number of hydrogen-bond donors (Lipinski definition) is 1. The lowest BCUT2D eigenvalue weighted by atomic mass is 10.1. The highest BCUT2D eigenvalue weighted by atomic mass is 32.2. The molecular formula is C14H23NO2S2. The fourth-order valence-electron chi connectivity index (χ4n) is 2.58. The van der Waals surface area contributed by atoms with Gasteiger partial charge in [0.1, 0.15) is 9.84 Å². The molecule has 1 aliphatic rings. The third kappa shape index (κ3) is 4.58. The fourth-order valence-corrected chi connectivity index (χ4v) is 4.57. The molecule has 3 nitrogen and oxygen atoms in total. The van der Waals surface area contributed by atoms with Crippen molar-refractivity contribution in [2.45, 2.75) is 51.0 Å². The molecule has 2 N–H and O–H groups in total. The molecule has 108 valence electrons. The molecule has 0 aliphatic heterocycles. The van der Waals surface area contributed by atoms with E-state index in [9.17, 15) is 8.42 Å². The van der Waals surface area contributed by atoms with Crippen LogP contribution in [0.5, 0.6) is 0 Å². The summed E-state index contributed by atoms with van der Waals surface area (Å²) in [6.45, 7) is 0. The van der Waals surface area contributed by atoms with Crippen LogP contribution in [0.25, 0.3) is 0 Å². The molecule has 0 radical (unpaired) electrons. The first kappa shape index (κ1) is 15.0. The molecule has 2 rings (SSSR count). The van der Waals surface area contributed by atoms with E-state index in [1.807, 2.05) is 11.3 Å². The minimum absolute atomic E-state index is 0.00123. The smallest absolute Gasteiger partial charge is 0.147 e. The van der Waals surface area contributed by atoms with E-state index in [1.54, 1.807) is 0 Å². The Hall–Kier alpha value is -0.390. The molecule has 19 heavy (non-hydrogen) atoms. The number of nitrogens with two attached hydrogens (primary N) is 1. The highest BCUT2D eigenvalue weighted by Gasteiger charge is 2.16. The average molecular weight is 301 g/mol. The van der Waals surface area contributed by atoms with E-state index in [0.29, 0.717) is 6.42 Å². The molecule has 0 saturated carbocycles. The minimum atomic E-state index is -2.86. The Balaban J connectivity index is 1.94. The van der Waals surface area contributed by atoms with Gasteiger partial charge in [-0.3, -0.25) is 0 Å². The van der Waals surface area contributed by atoms with Crippen molar-refractivity contribution in [2.75, 3.05) is 12.0 Å². The monoisotopic (exact) mass is 301 g/mol. The first-order valence-electron chi connectivity index (χ1n) is 7.00. The van der Waals surface area contributed by atoms with E-state index in [4.69, 9.17) is 5.73 Å². The van der Waals surface area contributed by atoms with Gasteiger partial charge in [-0.05, 0) is 50.2 Å². The van der Waals surface area contributed by atoms with Crippen molar-refractivity contribution in [3.8, 4) is 0 Å². The quantitative estimate of drug-likeness (QED) is 0.851. The summed E-state index contributed by atoms with van der Waals surface area (Å²) in [5, 5.41) is 0. The summed E-state index contributed by atoms with van der Waals surface area (Å²) in [7, 11) is -2.86. The van der Waals surface area contributed by atoms with E-state index in [1.165, 1.54) is 53.7 Å². The van der Waals surface area contributed by atoms with Crippen LogP contribution in [0.4, 0.5) is 0 Å². The molecular weight excluding hydrogens is 278 g/mol. The molecule has 0 fully saturated rings. The zero-order valence-electron chi connectivity index (χ0n) is 11.5. The Morgan fingerprint density at radius 3 is 2.79 bits per heavy atom. The van der Waals surface area contributed by atoms with Crippen LogP contribution in [0.2, 0.25) is 0 Å².